The summed E-state index contributed by atoms with van der Waals surface area (Å²) in [5.74, 6) is -0.254. The molecule has 3 atom stereocenters. The van der Waals surface area contributed by atoms with Crippen LogP contribution in [0, 0.1) is 11.8 Å². The van der Waals surface area contributed by atoms with Crippen LogP contribution in [0.25, 0.3) is 0 Å². The third-order valence-corrected chi connectivity index (χ3v) is 2.63. The second-order valence-corrected chi connectivity index (χ2v) is 3.89. The minimum atomic E-state index is -2.82. The molecular formula is C9H16F2N2O2. The van der Waals surface area contributed by atoms with Gasteiger partial charge in [-0.15, -0.1) is 0 Å². The zero-order chi connectivity index (χ0) is 11.4. The van der Waals surface area contributed by atoms with Crippen molar-refractivity contribution < 1.29 is 18.7 Å². The highest BCUT2D eigenvalue weighted by Gasteiger charge is 2.30. The number of alkyl halides is 2. The van der Waals surface area contributed by atoms with Gasteiger partial charge >= 0.3 is 0 Å². The van der Waals surface area contributed by atoms with Gasteiger partial charge in [-0.2, -0.15) is 0 Å². The summed E-state index contributed by atoms with van der Waals surface area (Å²) < 4.78 is 23.8. The first-order valence-electron chi connectivity index (χ1n) is 4.97. The summed E-state index contributed by atoms with van der Waals surface area (Å²) in [6, 6.07) is 0. The van der Waals surface area contributed by atoms with Crippen LogP contribution in [0.1, 0.15) is 6.92 Å². The standard InChI is InChI=1S/C9H16F2N2O2/c1-5-2-12-3-6(5)9(15)13-4-7(14)8(10)11/h5-8,12,14H,2-4H2,1H3,(H,13,15)/t5-,6-,7?/m1/s1. The summed E-state index contributed by atoms with van der Waals surface area (Å²) in [7, 11) is 0. The molecule has 1 aliphatic heterocycles. The lowest BCUT2D eigenvalue weighted by atomic mass is 9.97. The van der Waals surface area contributed by atoms with E-state index in [0.717, 1.165) is 6.54 Å². The Kier molecular flexibility index (Phi) is 4.41. The number of hydrogen-bond acceptors (Lipinski definition) is 3. The average Bonchev–Trinajstić information content (AvgIpc) is 2.60. The molecular weight excluding hydrogens is 206 g/mol. The molecule has 0 saturated carbocycles. The van der Waals surface area contributed by atoms with Gasteiger partial charge in [0.05, 0.1) is 5.92 Å². The van der Waals surface area contributed by atoms with Crippen molar-refractivity contribution in [3.05, 3.63) is 0 Å². The SMILES string of the molecule is C[C@@H]1CNC[C@H]1C(=O)NCC(O)C(F)F. The van der Waals surface area contributed by atoms with Gasteiger partial charge in [0, 0.05) is 13.1 Å². The molecule has 0 radical (unpaired) electrons. The molecule has 0 bridgehead atoms. The van der Waals surface area contributed by atoms with Crippen LogP contribution in [-0.2, 0) is 4.79 Å². The lowest BCUT2D eigenvalue weighted by Crippen LogP contribution is -2.40. The summed E-state index contributed by atoms with van der Waals surface area (Å²) in [4.78, 5) is 11.5. The molecule has 1 aliphatic rings. The quantitative estimate of drug-likeness (QED) is 0.605. The van der Waals surface area contributed by atoms with Gasteiger partial charge in [0.1, 0.15) is 6.10 Å². The normalized spacial score (nSPS) is 28.1. The Bertz CT molecular complexity index is 226. The molecule has 0 spiro atoms. The van der Waals surface area contributed by atoms with Gasteiger partial charge in [0.25, 0.3) is 6.43 Å². The Morgan fingerprint density at radius 1 is 1.60 bits per heavy atom. The molecule has 15 heavy (non-hydrogen) atoms. The van der Waals surface area contributed by atoms with Gasteiger partial charge in [-0.05, 0) is 12.5 Å². The van der Waals surface area contributed by atoms with E-state index in [-0.39, 0.29) is 24.3 Å². The predicted molar refractivity (Wildman–Crippen MR) is 50.5 cm³/mol. The third kappa shape index (κ3) is 3.39. The fourth-order valence-electron chi connectivity index (χ4n) is 1.59. The van der Waals surface area contributed by atoms with Crippen LogP contribution < -0.4 is 10.6 Å². The first-order valence-corrected chi connectivity index (χ1v) is 4.97. The van der Waals surface area contributed by atoms with Crippen LogP contribution in [0.4, 0.5) is 8.78 Å². The maximum absolute atomic E-state index is 11.9. The van der Waals surface area contributed by atoms with Crippen molar-refractivity contribution >= 4 is 5.91 Å². The van der Waals surface area contributed by atoms with Gasteiger partial charge < -0.3 is 15.7 Å². The van der Waals surface area contributed by atoms with Crippen molar-refractivity contribution in [2.24, 2.45) is 11.8 Å². The molecule has 1 saturated heterocycles. The largest absolute Gasteiger partial charge is 0.385 e. The number of hydrogen-bond donors (Lipinski definition) is 3. The first kappa shape index (κ1) is 12.3. The lowest BCUT2D eigenvalue weighted by Gasteiger charge is -2.16. The Morgan fingerprint density at radius 2 is 2.27 bits per heavy atom. The van der Waals surface area contributed by atoms with Crippen LogP contribution in [-0.4, -0.2) is 43.2 Å². The maximum Gasteiger partial charge on any atom is 0.265 e. The molecule has 1 heterocycles. The number of halogens is 2. The molecule has 1 rings (SSSR count). The monoisotopic (exact) mass is 222 g/mol. The topological polar surface area (TPSA) is 61.4 Å². The number of aliphatic hydroxyl groups is 1. The molecule has 0 aromatic heterocycles. The van der Waals surface area contributed by atoms with E-state index in [9.17, 15) is 13.6 Å². The summed E-state index contributed by atoms with van der Waals surface area (Å²) in [6.45, 7) is 2.86. The molecule has 88 valence electrons. The highest BCUT2D eigenvalue weighted by molar-refractivity contribution is 5.79. The zero-order valence-corrected chi connectivity index (χ0v) is 8.54. The van der Waals surface area contributed by atoms with Gasteiger partial charge in [-0.25, -0.2) is 8.78 Å². The fourth-order valence-corrected chi connectivity index (χ4v) is 1.59. The van der Waals surface area contributed by atoms with Gasteiger partial charge in [0.15, 0.2) is 0 Å². The Labute approximate surface area is 87.0 Å². The van der Waals surface area contributed by atoms with E-state index in [1.54, 1.807) is 0 Å². The zero-order valence-electron chi connectivity index (χ0n) is 8.54. The number of nitrogens with one attached hydrogen (secondary N) is 2. The molecule has 0 aliphatic carbocycles. The van der Waals surface area contributed by atoms with Crippen LogP contribution in [0.2, 0.25) is 0 Å². The molecule has 1 unspecified atom stereocenters. The number of amides is 1. The van der Waals surface area contributed by atoms with Crippen LogP contribution in [0.15, 0.2) is 0 Å². The highest BCUT2D eigenvalue weighted by atomic mass is 19.3. The minimum absolute atomic E-state index is 0.185. The second-order valence-electron chi connectivity index (χ2n) is 3.89. The Hall–Kier alpha value is -0.750. The van der Waals surface area contributed by atoms with Crippen molar-refractivity contribution in [2.75, 3.05) is 19.6 Å². The van der Waals surface area contributed by atoms with Crippen molar-refractivity contribution in [3.63, 3.8) is 0 Å². The lowest BCUT2D eigenvalue weighted by molar-refractivity contribution is -0.126. The summed E-state index contributed by atoms with van der Waals surface area (Å²) >= 11 is 0. The molecule has 3 N–H and O–H groups in total. The van der Waals surface area contributed by atoms with Crippen molar-refractivity contribution in [1.82, 2.24) is 10.6 Å². The number of rotatable bonds is 4. The van der Waals surface area contributed by atoms with Gasteiger partial charge in [0.2, 0.25) is 5.91 Å². The van der Waals surface area contributed by atoms with E-state index in [1.165, 1.54) is 0 Å². The number of carbonyl (C=O) groups is 1. The third-order valence-electron chi connectivity index (χ3n) is 2.63. The fraction of sp³-hybridized carbons (Fsp3) is 0.889. The molecule has 4 nitrogen and oxygen atoms in total. The molecule has 1 amide bonds. The molecule has 0 aromatic rings. The van der Waals surface area contributed by atoms with E-state index in [4.69, 9.17) is 5.11 Å². The summed E-state index contributed by atoms with van der Waals surface area (Å²) in [5, 5.41) is 14.2. The summed E-state index contributed by atoms with van der Waals surface area (Å²) in [6.07, 6.45) is -4.59. The number of carbonyl (C=O) groups excluding carboxylic acids is 1. The van der Waals surface area contributed by atoms with Crippen LogP contribution in [0.3, 0.4) is 0 Å². The second kappa shape index (κ2) is 5.37. The van der Waals surface area contributed by atoms with E-state index in [1.807, 2.05) is 6.92 Å². The van der Waals surface area contributed by atoms with Crippen LogP contribution in [0.5, 0.6) is 0 Å². The first-order chi connectivity index (χ1) is 7.02. The summed E-state index contributed by atoms with van der Waals surface area (Å²) in [5.41, 5.74) is 0. The van der Waals surface area contributed by atoms with Crippen molar-refractivity contribution in [2.45, 2.75) is 19.5 Å². The van der Waals surface area contributed by atoms with E-state index in [0.29, 0.717) is 6.54 Å². The van der Waals surface area contributed by atoms with Gasteiger partial charge in [-0.3, -0.25) is 4.79 Å². The Balaban J connectivity index is 2.29. The number of aliphatic hydroxyl groups excluding tert-OH is 1. The molecule has 0 aromatic carbocycles. The predicted octanol–water partition coefficient (Wildman–Crippen LogP) is -0.416. The van der Waals surface area contributed by atoms with Crippen molar-refractivity contribution in [3.8, 4) is 0 Å². The van der Waals surface area contributed by atoms with Crippen LogP contribution >= 0.6 is 0 Å². The Morgan fingerprint density at radius 3 is 2.73 bits per heavy atom. The molecule has 1 fully saturated rings. The van der Waals surface area contributed by atoms with Crippen molar-refractivity contribution in [1.29, 1.82) is 0 Å². The maximum atomic E-state index is 11.9. The minimum Gasteiger partial charge on any atom is -0.385 e. The van der Waals surface area contributed by atoms with E-state index >= 15 is 0 Å². The highest BCUT2D eigenvalue weighted by Crippen LogP contribution is 2.15. The van der Waals surface area contributed by atoms with E-state index in [2.05, 4.69) is 10.6 Å². The van der Waals surface area contributed by atoms with Gasteiger partial charge in [-0.1, -0.05) is 6.92 Å². The smallest absolute Gasteiger partial charge is 0.265 e. The average molecular weight is 222 g/mol. The molecule has 6 heteroatoms. The van der Waals surface area contributed by atoms with E-state index < -0.39 is 12.5 Å².